The zero-order valence-corrected chi connectivity index (χ0v) is 17.4. The molecule has 0 atom stereocenters. The first kappa shape index (κ1) is 20.3. The minimum atomic E-state index is -0.417. The van der Waals surface area contributed by atoms with Crippen LogP contribution in [0.2, 0.25) is 0 Å². The van der Waals surface area contributed by atoms with Crippen LogP contribution in [0.3, 0.4) is 0 Å². The Morgan fingerprint density at radius 1 is 0.970 bits per heavy atom. The monoisotopic (exact) mass is 438 g/mol. The average molecular weight is 438 g/mol. The summed E-state index contributed by atoms with van der Waals surface area (Å²) in [7, 11) is 0. The molecule has 33 heavy (non-hydrogen) atoms. The number of aromatic nitrogens is 3. The van der Waals surface area contributed by atoms with Crippen LogP contribution in [-0.4, -0.2) is 26.8 Å². The van der Waals surface area contributed by atoms with E-state index in [0.29, 0.717) is 22.2 Å². The van der Waals surface area contributed by atoms with Crippen LogP contribution >= 0.6 is 0 Å². The van der Waals surface area contributed by atoms with E-state index in [0.717, 1.165) is 11.1 Å². The standard InChI is InChI=1S/C25H19FN6O/c26-18-12-10-17(11-13-18)14-28-25(33)21-22-24(31-20-9-5-4-8-19(20)30-22)32(23(21)27)29-15-16-6-2-1-3-7-16/h1-13,15H,14,27H2,(H,28,33). The molecule has 0 fully saturated rings. The predicted molar refractivity (Wildman–Crippen MR) is 126 cm³/mol. The molecule has 3 aromatic carbocycles. The van der Waals surface area contributed by atoms with Crippen LogP contribution in [0.25, 0.3) is 22.2 Å². The van der Waals surface area contributed by atoms with Crippen molar-refractivity contribution in [1.29, 1.82) is 0 Å². The summed E-state index contributed by atoms with van der Waals surface area (Å²) in [5.41, 5.74) is 10.2. The summed E-state index contributed by atoms with van der Waals surface area (Å²) in [6.07, 6.45) is 1.65. The van der Waals surface area contributed by atoms with E-state index < -0.39 is 5.91 Å². The summed E-state index contributed by atoms with van der Waals surface area (Å²) in [5.74, 6) is -0.625. The lowest BCUT2D eigenvalue weighted by Crippen LogP contribution is -2.23. The number of hydrogen-bond acceptors (Lipinski definition) is 5. The molecule has 0 radical (unpaired) electrons. The summed E-state index contributed by atoms with van der Waals surface area (Å²) >= 11 is 0. The third-order valence-electron chi connectivity index (χ3n) is 5.19. The highest BCUT2D eigenvalue weighted by molar-refractivity contribution is 6.10. The highest BCUT2D eigenvalue weighted by Crippen LogP contribution is 2.28. The molecule has 162 valence electrons. The highest BCUT2D eigenvalue weighted by Gasteiger charge is 2.24. The molecule has 7 nitrogen and oxygen atoms in total. The van der Waals surface area contributed by atoms with E-state index in [4.69, 9.17) is 5.73 Å². The Labute approximate surface area is 188 Å². The molecule has 8 heteroatoms. The van der Waals surface area contributed by atoms with Crippen LogP contribution in [0.15, 0.2) is 84.0 Å². The molecule has 0 spiro atoms. The first-order valence-corrected chi connectivity index (χ1v) is 10.3. The SMILES string of the molecule is Nc1c(C(=O)NCc2ccc(F)cc2)c2nc3ccccc3nc2n1N=Cc1ccccc1. The number of nitrogens with two attached hydrogens (primary N) is 1. The van der Waals surface area contributed by atoms with Crippen molar-refractivity contribution in [1.82, 2.24) is 20.0 Å². The number of carbonyl (C=O) groups is 1. The topological polar surface area (TPSA) is 98.2 Å². The molecule has 0 aliphatic carbocycles. The van der Waals surface area contributed by atoms with Gasteiger partial charge in [0.05, 0.1) is 17.2 Å². The second-order valence-corrected chi connectivity index (χ2v) is 7.42. The smallest absolute Gasteiger partial charge is 0.257 e. The van der Waals surface area contributed by atoms with Crippen LogP contribution in [0.1, 0.15) is 21.5 Å². The van der Waals surface area contributed by atoms with Gasteiger partial charge in [-0.1, -0.05) is 54.6 Å². The van der Waals surface area contributed by atoms with E-state index in [1.165, 1.54) is 16.8 Å². The third-order valence-corrected chi connectivity index (χ3v) is 5.19. The number of fused-ring (bicyclic) bond motifs is 2. The van der Waals surface area contributed by atoms with Crippen LogP contribution in [0.5, 0.6) is 0 Å². The summed E-state index contributed by atoms with van der Waals surface area (Å²) < 4.78 is 14.6. The number of amides is 1. The van der Waals surface area contributed by atoms with E-state index >= 15 is 0 Å². The maximum absolute atomic E-state index is 13.2. The normalized spacial score (nSPS) is 11.4. The Morgan fingerprint density at radius 2 is 1.64 bits per heavy atom. The molecule has 0 saturated carbocycles. The maximum atomic E-state index is 13.2. The molecular formula is C25H19FN6O. The number of anilines is 1. The van der Waals surface area contributed by atoms with Crippen molar-refractivity contribution in [3.63, 3.8) is 0 Å². The number of carbonyl (C=O) groups excluding carboxylic acids is 1. The maximum Gasteiger partial charge on any atom is 0.257 e. The van der Waals surface area contributed by atoms with Gasteiger partial charge in [-0.05, 0) is 35.4 Å². The molecule has 2 heterocycles. The first-order valence-electron chi connectivity index (χ1n) is 10.3. The molecule has 3 N–H and O–H groups in total. The highest BCUT2D eigenvalue weighted by atomic mass is 19.1. The Hall–Kier alpha value is -4.59. The summed E-state index contributed by atoms with van der Waals surface area (Å²) in [4.78, 5) is 22.5. The summed E-state index contributed by atoms with van der Waals surface area (Å²) in [6, 6.07) is 22.8. The molecule has 5 aromatic rings. The molecule has 0 aliphatic heterocycles. The molecule has 1 amide bonds. The van der Waals surface area contributed by atoms with E-state index in [9.17, 15) is 9.18 Å². The van der Waals surface area contributed by atoms with Crippen LogP contribution in [0, 0.1) is 5.82 Å². The molecule has 2 aromatic heterocycles. The van der Waals surface area contributed by atoms with Gasteiger partial charge in [-0.3, -0.25) is 4.79 Å². The lowest BCUT2D eigenvalue weighted by atomic mass is 10.2. The van der Waals surface area contributed by atoms with Crippen molar-refractivity contribution >= 4 is 40.1 Å². The van der Waals surface area contributed by atoms with Crippen molar-refractivity contribution in [3.8, 4) is 0 Å². The van der Waals surface area contributed by atoms with Crippen molar-refractivity contribution in [2.24, 2.45) is 5.10 Å². The van der Waals surface area contributed by atoms with Crippen molar-refractivity contribution in [2.75, 3.05) is 5.73 Å². The van der Waals surface area contributed by atoms with Gasteiger partial charge in [0.25, 0.3) is 5.91 Å². The second-order valence-electron chi connectivity index (χ2n) is 7.42. The Balaban J connectivity index is 1.58. The predicted octanol–water partition coefficient (Wildman–Crippen LogP) is 4.12. The minimum Gasteiger partial charge on any atom is -0.383 e. The molecule has 0 saturated heterocycles. The lowest BCUT2D eigenvalue weighted by molar-refractivity contribution is 0.0953. The summed E-state index contributed by atoms with van der Waals surface area (Å²) in [5, 5.41) is 7.31. The van der Waals surface area contributed by atoms with Crippen molar-refractivity contribution < 1.29 is 9.18 Å². The molecule has 5 rings (SSSR count). The lowest BCUT2D eigenvalue weighted by Gasteiger charge is -2.06. The Morgan fingerprint density at radius 3 is 2.36 bits per heavy atom. The van der Waals surface area contributed by atoms with E-state index in [1.54, 1.807) is 18.3 Å². The number of nitrogens with zero attached hydrogens (tertiary/aromatic N) is 4. The number of rotatable bonds is 5. The van der Waals surface area contributed by atoms with Gasteiger partial charge in [0.2, 0.25) is 0 Å². The number of nitrogens with one attached hydrogen (secondary N) is 1. The fourth-order valence-corrected chi connectivity index (χ4v) is 3.52. The number of hydrogen-bond donors (Lipinski definition) is 2. The molecular weight excluding hydrogens is 419 g/mol. The number of benzene rings is 3. The zero-order valence-electron chi connectivity index (χ0n) is 17.4. The molecule has 0 unspecified atom stereocenters. The Kier molecular flexibility index (Phi) is 5.24. The van der Waals surface area contributed by atoms with Crippen LogP contribution in [0.4, 0.5) is 10.2 Å². The third kappa shape index (κ3) is 4.01. The van der Waals surface area contributed by atoms with Gasteiger partial charge in [-0.25, -0.2) is 14.4 Å². The Bertz CT molecular complexity index is 1490. The van der Waals surface area contributed by atoms with Crippen molar-refractivity contribution in [3.05, 3.63) is 101 Å². The van der Waals surface area contributed by atoms with Gasteiger partial charge in [-0.15, -0.1) is 0 Å². The zero-order chi connectivity index (χ0) is 22.8. The largest absolute Gasteiger partial charge is 0.383 e. The molecule has 0 bridgehead atoms. The van der Waals surface area contributed by atoms with E-state index in [2.05, 4.69) is 20.4 Å². The second kappa shape index (κ2) is 8.51. The number of halogens is 1. The van der Waals surface area contributed by atoms with Crippen LogP contribution < -0.4 is 11.1 Å². The van der Waals surface area contributed by atoms with Gasteiger partial charge in [-0.2, -0.15) is 9.78 Å². The molecule has 0 aliphatic rings. The van der Waals surface area contributed by atoms with Gasteiger partial charge < -0.3 is 11.1 Å². The van der Waals surface area contributed by atoms with Gasteiger partial charge >= 0.3 is 0 Å². The fraction of sp³-hybridized carbons (Fsp3) is 0.0400. The average Bonchev–Trinajstić information content (AvgIpc) is 3.11. The van der Waals surface area contributed by atoms with Crippen molar-refractivity contribution in [2.45, 2.75) is 6.54 Å². The van der Waals surface area contributed by atoms with Gasteiger partial charge in [0, 0.05) is 6.54 Å². The summed E-state index contributed by atoms with van der Waals surface area (Å²) in [6.45, 7) is 0.208. The minimum absolute atomic E-state index is 0.129. The first-order chi connectivity index (χ1) is 16.1. The van der Waals surface area contributed by atoms with Crippen LogP contribution in [-0.2, 0) is 6.54 Å². The van der Waals surface area contributed by atoms with Gasteiger partial charge in [0.15, 0.2) is 5.65 Å². The quantitative estimate of drug-likeness (QED) is 0.403. The van der Waals surface area contributed by atoms with Gasteiger partial charge in [0.1, 0.15) is 22.7 Å². The number of nitrogen functional groups attached to an aromatic ring is 1. The van der Waals surface area contributed by atoms with E-state index in [1.807, 2.05) is 54.6 Å². The van der Waals surface area contributed by atoms with E-state index in [-0.39, 0.29) is 23.7 Å². The number of para-hydroxylation sites is 2. The fourth-order valence-electron chi connectivity index (χ4n) is 3.52.